The fraction of sp³-hybridized carbons (Fsp3) is 0.154. The molecule has 3 nitrogen and oxygen atoms in total. The van der Waals surface area contributed by atoms with E-state index in [4.69, 9.17) is 28.0 Å². The second kappa shape index (κ2) is 6.19. The second-order valence-corrected chi connectivity index (χ2v) is 4.38. The molecule has 6 heteroatoms. The highest BCUT2D eigenvalue weighted by Gasteiger charge is 2.20. The summed E-state index contributed by atoms with van der Waals surface area (Å²) in [6, 6.07) is 7.90. The third kappa shape index (κ3) is 2.97. The molecule has 19 heavy (non-hydrogen) atoms. The molecular weight excluding hydrogens is 290 g/mol. The highest BCUT2D eigenvalue weighted by molar-refractivity contribution is 6.39. The maximum absolute atomic E-state index is 13.6. The van der Waals surface area contributed by atoms with Gasteiger partial charge in [-0.05, 0) is 31.2 Å². The largest absolute Gasteiger partial charge is 0.267 e. The molecule has 0 amide bonds. The number of hydrogen-bond donors (Lipinski definition) is 0. The van der Waals surface area contributed by atoms with Crippen LogP contribution in [0.1, 0.15) is 6.92 Å². The van der Waals surface area contributed by atoms with Crippen molar-refractivity contribution in [3.63, 3.8) is 0 Å². The molecule has 0 radical (unpaired) electrons. The van der Waals surface area contributed by atoms with E-state index in [1.165, 1.54) is 17.2 Å². The average molecular weight is 301 g/mol. The van der Waals surface area contributed by atoms with Gasteiger partial charge in [-0.2, -0.15) is 0 Å². The molecule has 0 N–H and O–H groups in total. The Kier molecular flexibility index (Phi) is 4.58. The van der Waals surface area contributed by atoms with Crippen molar-refractivity contribution in [1.29, 1.82) is 0 Å². The molecule has 0 atom stereocenters. The zero-order valence-corrected chi connectivity index (χ0v) is 11.6. The van der Waals surface area contributed by atoms with Crippen LogP contribution in [0, 0.1) is 5.82 Å². The lowest BCUT2D eigenvalue weighted by Crippen LogP contribution is -2.19. The van der Waals surface area contributed by atoms with Gasteiger partial charge in [0.25, 0.3) is 0 Å². The van der Waals surface area contributed by atoms with Gasteiger partial charge in [0.1, 0.15) is 16.5 Å². The zero-order valence-electron chi connectivity index (χ0n) is 10.1. The number of hydrogen-bond acceptors (Lipinski definition) is 3. The summed E-state index contributed by atoms with van der Waals surface area (Å²) < 4.78 is 13.6. The van der Waals surface area contributed by atoms with Crippen LogP contribution in [-0.2, 0) is 4.84 Å². The van der Waals surface area contributed by atoms with Crippen molar-refractivity contribution in [3.05, 3.63) is 52.4 Å². The van der Waals surface area contributed by atoms with Crippen LogP contribution in [0.25, 0.3) is 0 Å². The van der Waals surface area contributed by atoms with Gasteiger partial charge in [0.05, 0.1) is 11.6 Å². The topological polar surface area (TPSA) is 25.4 Å². The smallest absolute Gasteiger partial charge is 0.158 e. The number of aromatic nitrogens is 1. The fourth-order valence-corrected chi connectivity index (χ4v) is 2.07. The van der Waals surface area contributed by atoms with Crippen LogP contribution in [0.4, 0.5) is 15.9 Å². The SMILES string of the molecule is CCON(c1ccccn1)c1c(Cl)ccc(F)c1Cl. The first-order valence-electron chi connectivity index (χ1n) is 5.62. The number of benzene rings is 1. The molecule has 1 aromatic carbocycles. The van der Waals surface area contributed by atoms with Crippen molar-refractivity contribution >= 4 is 34.7 Å². The molecule has 1 heterocycles. The molecule has 0 saturated carbocycles. The van der Waals surface area contributed by atoms with Crippen molar-refractivity contribution in [2.45, 2.75) is 6.92 Å². The summed E-state index contributed by atoms with van der Waals surface area (Å²) in [7, 11) is 0. The Hall–Kier alpha value is -1.36. The Morgan fingerprint density at radius 1 is 1.26 bits per heavy atom. The standard InChI is InChI=1S/C13H11Cl2FN2O/c1-2-19-18(11-5-3-4-8-17-11)13-9(14)6-7-10(16)12(13)15/h3-8H,2H2,1H3. The minimum atomic E-state index is -0.568. The van der Waals surface area contributed by atoms with Crippen molar-refractivity contribution in [2.24, 2.45) is 0 Å². The normalized spacial score (nSPS) is 10.5. The molecule has 0 spiro atoms. The van der Waals surface area contributed by atoms with E-state index in [0.717, 1.165) is 0 Å². The minimum absolute atomic E-state index is 0.105. The summed E-state index contributed by atoms with van der Waals surface area (Å²) in [6.07, 6.45) is 1.60. The molecule has 0 fully saturated rings. The molecule has 0 saturated heterocycles. The van der Waals surface area contributed by atoms with Crippen LogP contribution in [0.15, 0.2) is 36.5 Å². The van der Waals surface area contributed by atoms with Gasteiger partial charge in [0.2, 0.25) is 0 Å². The molecule has 2 aromatic rings. The van der Waals surface area contributed by atoms with Crippen LogP contribution in [-0.4, -0.2) is 11.6 Å². The molecule has 0 unspecified atom stereocenters. The molecule has 0 bridgehead atoms. The van der Waals surface area contributed by atoms with Crippen LogP contribution in [0.3, 0.4) is 0 Å². The Labute approximate surface area is 120 Å². The maximum atomic E-state index is 13.6. The van der Waals surface area contributed by atoms with Crippen LogP contribution >= 0.6 is 23.2 Å². The lowest BCUT2D eigenvalue weighted by Gasteiger charge is -2.24. The third-order valence-corrected chi connectivity index (χ3v) is 3.00. The average Bonchev–Trinajstić information content (AvgIpc) is 2.43. The van der Waals surface area contributed by atoms with Gasteiger partial charge < -0.3 is 0 Å². The Bertz CT molecular complexity index is 566. The predicted molar refractivity (Wildman–Crippen MR) is 74.4 cm³/mol. The lowest BCUT2D eigenvalue weighted by atomic mass is 10.3. The van der Waals surface area contributed by atoms with Gasteiger partial charge in [-0.25, -0.2) is 14.4 Å². The minimum Gasteiger partial charge on any atom is -0.267 e. The number of halogens is 3. The van der Waals surface area contributed by atoms with E-state index in [-0.39, 0.29) is 15.7 Å². The first-order valence-corrected chi connectivity index (χ1v) is 6.38. The van der Waals surface area contributed by atoms with Crippen LogP contribution in [0.5, 0.6) is 0 Å². The number of rotatable bonds is 4. The van der Waals surface area contributed by atoms with Crippen molar-refractivity contribution in [3.8, 4) is 0 Å². The molecule has 0 aliphatic carbocycles. The van der Waals surface area contributed by atoms with E-state index in [2.05, 4.69) is 4.98 Å². The van der Waals surface area contributed by atoms with Gasteiger partial charge in [-0.15, -0.1) is 0 Å². The fourth-order valence-electron chi connectivity index (χ4n) is 1.55. The summed E-state index contributed by atoms with van der Waals surface area (Å²) in [5, 5.41) is 1.51. The van der Waals surface area contributed by atoms with Crippen molar-refractivity contribution < 1.29 is 9.23 Å². The van der Waals surface area contributed by atoms with E-state index >= 15 is 0 Å². The number of anilines is 2. The first-order chi connectivity index (χ1) is 9.15. The second-order valence-electron chi connectivity index (χ2n) is 3.59. The maximum Gasteiger partial charge on any atom is 0.158 e. The summed E-state index contributed by atoms with van der Waals surface area (Å²) >= 11 is 12.1. The lowest BCUT2D eigenvalue weighted by molar-refractivity contribution is 0.147. The summed E-state index contributed by atoms with van der Waals surface area (Å²) in [5.41, 5.74) is 0.240. The highest BCUT2D eigenvalue weighted by Crippen LogP contribution is 2.38. The van der Waals surface area contributed by atoms with E-state index in [1.54, 1.807) is 31.3 Å². The molecule has 2 rings (SSSR count). The van der Waals surface area contributed by atoms with Gasteiger partial charge in [0, 0.05) is 6.20 Å². The van der Waals surface area contributed by atoms with Crippen LogP contribution in [0.2, 0.25) is 10.0 Å². The summed E-state index contributed by atoms with van der Waals surface area (Å²) in [4.78, 5) is 9.61. The molecular formula is C13H11Cl2FN2O. The van der Waals surface area contributed by atoms with Gasteiger partial charge in [0.15, 0.2) is 5.82 Å². The summed E-state index contributed by atoms with van der Waals surface area (Å²) in [6.45, 7) is 2.16. The molecule has 0 aliphatic heterocycles. The van der Waals surface area contributed by atoms with Crippen molar-refractivity contribution in [2.75, 3.05) is 11.7 Å². The first kappa shape index (κ1) is 14.1. The van der Waals surface area contributed by atoms with E-state index < -0.39 is 5.82 Å². The third-order valence-electron chi connectivity index (χ3n) is 2.34. The predicted octanol–water partition coefficient (Wildman–Crippen LogP) is 4.62. The molecule has 100 valence electrons. The van der Waals surface area contributed by atoms with Gasteiger partial charge >= 0.3 is 0 Å². The number of nitrogens with zero attached hydrogens (tertiary/aromatic N) is 2. The van der Waals surface area contributed by atoms with Gasteiger partial charge in [-0.3, -0.25) is 4.84 Å². The van der Waals surface area contributed by atoms with E-state index in [9.17, 15) is 4.39 Å². The quantitative estimate of drug-likeness (QED) is 0.609. The Morgan fingerprint density at radius 2 is 2.05 bits per heavy atom. The summed E-state index contributed by atoms with van der Waals surface area (Å²) in [5.74, 6) is -0.0968. The van der Waals surface area contributed by atoms with Gasteiger partial charge in [-0.1, -0.05) is 29.3 Å². The number of pyridine rings is 1. The van der Waals surface area contributed by atoms with Crippen LogP contribution < -0.4 is 5.06 Å². The Balaban J connectivity index is 2.54. The zero-order chi connectivity index (χ0) is 13.8. The molecule has 0 aliphatic rings. The van der Waals surface area contributed by atoms with Crippen molar-refractivity contribution in [1.82, 2.24) is 4.98 Å². The molecule has 1 aromatic heterocycles. The highest BCUT2D eigenvalue weighted by atomic mass is 35.5. The Morgan fingerprint density at radius 3 is 2.68 bits per heavy atom. The monoisotopic (exact) mass is 300 g/mol. The van der Waals surface area contributed by atoms with E-state index in [1.807, 2.05) is 0 Å². The van der Waals surface area contributed by atoms with E-state index in [0.29, 0.717) is 12.4 Å².